The van der Waals surface area contributed by atoms with Crippen LogP contribution in [0.15, 0.2) is 34.9 Å². The van der Waals surface area contributed by atoms with Crippen LogP contribution in [0.1, 0.15) is 16.1 Å². The first-order chi connectivity index (χ1) is 8.61. The highest BCUT2D eigenvalue weighted by Crippen LogP contribution is 2.15. The van der Waals surface area contributed by atoms with Gasteiger partial charge in [-0.3, -0.25) is 4.68 Å². The molecule has 0 aliphatic carbocycles. The maximum absolute atomic E-state index is 13.5. The number of nitrogens with zero attached hydrogens (tertiary/aromatic N) is 2. The number of hydrogen-bond donors (Lipinski definition) is 0. The number of hydrogen-bond acceptors (Lipinski definition) is 3. The molecule has 94 valence electrons. The Bertz CT molecular complexity index is 583. The molecule has 0 radical (unpaired) electrons. The lowest BCUT2D eigenvalue weighted by Crippen LogP contribution is -2.13. The Morgan fingerprint density at radius 1 is 1.50 bits per heavy atom. The number of rotatable bonds is 3. The van der Waals surface area contributed by atoms with E-state index in [1.165, 1.54) is 23.9 Å². The maximum atomic E-state index is 13.5. The van der Waals surface area contributed by atoms with Crippen molar-refractivity contribution in [2.24, 2.45) is 0 Å². The summed E-state index contributed by atoms with van der Waals surface area (Å²) >= 11 is 3.18. The lowest BCUT2D eigenvalue weighted by atomic mass is 10.2. The van der Waals surface area contributed by atoms with E-state index in [9.17, 15) is 9.18 Å². The SMILES string of the molecule is COC(=O)c1cc(Br)nn1Cc1ccccc1F. The molecule has 4 nitrogen and oxygen atoms in total. The van der Waals surface area contributed by atoms with Crippen molar-refractivity contribution in [1.29, 1.82) is 0 Å². The number of ether oxygens (including phenoxy) is 1. The molecule has 0 saturated heterocycles. The number of halogens is 2. The fourth-order valence-corrected chi connectivity index (χ4v) is 1.97. The highest BCUT2D eigenvalue weighted by Gasteiger charge is 2.15. The Morgan fingerprint density at radius 2 is 2.22 bits per heavy atom. The number of carbonyl (C=O) groups is 1. The van der Waals surface area contributed by atoms with Gasteiger partial charge in [-0.15, -0.1) is 0 Å². The standard InChI is InChI=1S/C12H10BrFN2O2/c1-18-12(17)10-6-11(13)15-16(10)7-8-4-2-3-5-9(8)14/h2-6H,7H2,1H3. The average Bonchev–Trinajstić information content (AvgIpc) is 2.72. The second-order valence-corrected chi connectivity index (χ2v) is 4.41. The van der Waals surface area contributed by atoms with Crippen molar-refractivity contribution < 1.29 is 13.9 Å². The van der Waals surface area contributed by atoms with Crippen LogP contribution in [-0.4, -0.2) is 22.9 Å². The fourth-order valence-electron chi connectivity index (χ4n) is 1.56. The van der Waals surface area contributed by atoms with Gasteiger partial charge in [-0.1, -0.05) is 18.2 Å². The summed E-state index contributed by atoms with van der Waals surface area (Å²) in [6, 6.07) is 7.89. The topological polar surface area (TPSA) is 44.1 Å². The molecule has 0 aliphatic heterocycles. The summed E-state index contributed by atoms with van der Waals surface area (Å²) in [5, 5.41) is 4.08. The van der Waals surface area contributed by atoms with E-state index in [0.717, 1.165) is 0 Å². The van der Waals surface area contributed by atoms with Gasteiger partial charge in [0.25, 0.3) is 0 Å². The Hall–Kier alpha value is -1.69. The summed E-state index contributed by atoms with van der Waals surface area (Å²) in [6.45, 7) is 0.169. The molecule has 2 aromatic rings. The molecular formula is C12H10BrFN2O2. The van der Waals surface area contributed by atoms with Crippen LogP contribution in [0.4, 0.5) is 4.39 Å². The molecule has 2 rings (SSSR count). The van der Waals surface area contributed by atoms with Gasteiger partial charge in [-0.05, 0) is 22.0 Å². The Morgan fingerprint density at radius 3 is 2.89 bits per heavy atom. The van der Waals surface area contributed by atoms with Crippen LogP contribution in [0.5, 0.6) is 0 Å². The number of benzene rings is 1. The van der Waals surface area contributed by atoms with Gasteiger partial charge in [0.05, 0.1) is 13.7 Å². The largest absolute Gasteiger partial charge is 0.464 e. The van der Waals surface area contributed by atoms with E-state index in [0.29, 0.717) is 10.2 Å². The van der Waals surface area contributed by atoms with E-state index in [2.05, 4.69) is 25.8 Å². The normalized spacial score (nSPS) is 10.4. The van der Waals surface area contributed by atoms with Crippen LogP contribution in [0.25, 0.3) is 0 Å². The van der Waals surface area contributed by atoms with Gasteiger partial charge in [-0.2, -0.15) is 5.10 Å². The summed E-state index contributed by atoms with van der Waals surface area (Å²) < 4.78 is 20.1. The van der Waals surface area contributed by atoms with Gasteiger partial charge in [-0.25, -0.2) is 9.18 Å². The summed E-state index contributed by atoms with van der Waals surface area (Å²) in [6.07, 6.45) is 0. The lowest BCUT2D eigenvalue weighted by Gasteiger charge is -2.06. The van der Waals surface area contributed by atoms with Gasteiger partial charge < -0.3 is 4.74 Å². The molecule has 0 saturated carbocycles. The third-order valence-corrected chi connectivity index (χ3v) is 2.81. The van der Waals surface area contributed by atoms with Crippen molar-refractivity contribution >= 4 is 21.9 Å². The molecule has 1 aromatic carbocycles. The molecule has 1 heterocycles. The molecule has 0 atom stereocenters. The predicted octanol–water partition coefficient (Wildman–Crippen LogP) is 2.62. The van der Waals surface area contributed by atoms with Gasteiger partial charge in [0.15, 0.2) is 0 Å². The molecule has 0 spiro atoms. The summed E-state index contributed by atoms with van der Waals surface area (Å²) in [5.41, 5.74) is 0.728. The quantitative estimate of drug-likeness (QED) is 0.818. The predicted molar refractivity (Wildman–Crippen MR) is 66.8 cm³/mol. The van der Waals surface area contributed by atoms with Gasteiger partial charge in [0.2, 0.25) is 0 Å². The smallest absolute Gasteiger partial charge is 0.356 e. The van der Waals surface area contributed by atoms with Crippen LogP contribution in [-0.2, 0) is 11.3 Å². The zero-order chi connectivity index (χ0) is 13.1. The zero-order valence-corrected chi connectivity index (χ0v) is 11.1. The second kappa shape index (κ2) is 5.30. The van der Waals surface area contributed by atoms with E-state index in [4.69, 9.17) is 0 Å². The van der Waals surface area contributed by atoms with Crippen molar-refractivity contribution in [2.75, 3.05) is 7.11 Å². The third-order valence-electron chi connectivity index (χ3n) is 2.42. The molecule has 0 unspecified atom stereocenters. The van der Waals surface area contributed by atoms with E-state index >= 15 is 0 Å². The molecule has 0 fully saturated rings. The van der Waals surface area contributed by atoms with Crippen LogP contribution in [0.2, 0.25) is 0 Å². The van der Waals surface area contributed by atoms with Crippen molar-refractivity contribution in [1.82, 2.24) is 9.78 Å². The summed E-state index contributed by atoms with van der Waals surface area (Å²) in [4.78, 5) is 11.5. The van der Waals surface area contributed by atoms with Gasteiger partial charge >= 0.3 is 5.97 Å². The first-order valence-corrected chi connectivity index (χ1v) is 5.96. The van der Waals surface area contributed by atoms with Crippen LogP contribution in [0, 0.1) is 5.82 Å². The Balaban J connectivity index is 2.35. The maximum Gasteiger partial charge on any atom is 0.356 e. The second-order valence-electron chi connectivity index (χ2n) is 3.59. The zero-order valence-electron chi connectivity index (χ0n) is 9.56. The number of aromatic nitrogens is 2. The molecule has 0 N–H and O–H groups in total. The summed E-state index contributed by atoms with van der Waals surface area (Å²) in [5.74, 6) is -0.843. The number of carbonyl (C=O) groups excluding carboxylic acids is 1. The van der Waals surface area contributed by atoms with E-state index in [1.54, 1.807) is 18.2 Å². The van der Waals surface area contributed by atoms with Gasteiger partial charge in [0, 0.05) is 11.6 Å². The van der Waals surface area contributed by atoms with E-state index in [-0.39, 0.29) is 18.1 Å². The molecule has 0 aliphatic rings. The number of esters is 1. The molecule has 18 heavy (non-hydrogen) atoms. The molecular weight excluding hydrogens is 303 g/mol. The van der Waals surface area contributed by atoms with Crippen LogP contribution < -0.4 is 0 Å². The van der Waals surface area contributed by atoms with Crippen LogP contribution in [0.3, 0.4) is 0 Å². The average molecular weight is 313 g/mol. The Kier molecular flexibility index (Phi) is 3.76. The fraction of sp³-hybridized carbons (Fsp3) is 0.167. The first kappa shape index (κ1) is 12.8. The molecule has 0 bridgehead atoms. The minimum atomic E-state index is -0.510. The lowest BCUT2D eigenvalue weighted by molar-refractivity contribution is 0.0587. The van der Waals surface area contributed by atoms with Crippen molar-refractivity contribution in [3.63, 3.8) is 0 Å². The minimum absolute atomic E-state index is 0.169. The van der Waals surface area contributed by atoms with Crippen molar-refractivity contribution in [3.05, 3.63) is 52.0 Å². The van der Waals surface area contributed by atoms with Gasteiger partial charge in [0.1, 0.15) is 16.1 Å². The minimum Gasteiger partial charge on any atom is -0.464 e. The number of methoxy groups -OCH3 is 1. The molecule has 1 aromatic heterocycles. The van der Waals surface area contributed by atoms with E-state index in [1.807, 2.05) is 0 Å². The highest BCUT2D eigenvalue weighted by molar-refractivity contribution is 9.10. The van der Waals surface area contributed by atoms with E-state index < -0.39 is 5.97 Å². The Labute approximate surface area is 111 Å². The van der Waals surface area contributed by atoms with Crippen molar-refractivity contribution in [2.45, 2.75) is 6.54 Å². The first-order valence-electron chi connectivity index (χ1n) is 5.17. The van der Waals surface area contributed by atoms with Crippen molar-refractivity contribution in [3.8, 4) is 0 Å². The monoisotopic (exact) mass is 312 g/mol. The molecule has 0 amide bonds. The third kappa shape index (κ3) is 2.59. The molecule has 6 heteroatoms. The highest BCUT2D eigenvalue weighted by atomic mass is 79.9. The summed E-state index contributed by atoms with van der Waals surface area (Å²) in [7, 11) is 1.29. The van der Waals surface area contributed by atoms with Crippen LogP contribution >= 0.6 is 15.9 Å².